The van der Waals surface area contributed by atoms with Crippen LogP contribution in [0.1, 0.15) is 40.3 Å². The second-order valence-corrected chi connectivity index (χ2v) is 10.1. The predicted octanol–water partition coefficient (Wildman–Crippen LogP) is 7.29. The van der Waals surface area contributed by atoms with Gasteiger partial charge in [0.25, 0.3) is 0 Å². The van der Waals surface area contributed by atoms with Gasteiger partial charge in [-0.25, -0.2) is 0 Å². The molecule has 1 aliphatic heterocycles. The lowest BCUT2D eigenvalue weighted by Gasteiger charge is -2.28. The minimum atomic E-state index is -0.158. The van der Waals surface area contributed by atoms with E-state index >= 15 is 0 Å². The molecule has 0 saturated carbocycles. The Balaban J connectivity index is 1.70. The van der Waals surface area contributed by atoms with E-state index in [1.807, 2.05) is 61.7 Å². The van der Waals surface area contributed by atoms with Crippen LogP contribution < -0.4 is 15.0 Å². The zero-order valence-electron chi connectivity index (χ0n) is 20.4. The monoisotopic (exact) mass is 536 g/mol. The van der Waals surface area contributed by atoms with Crippen LogP contribution in [0.4, 0.5) is 5.69 Å². The first-order chi connectivity index (χ1) is 17.3. The van der Waals surface area contributed by atoms with Crippen LogP contribution in [0.3, 0.4) is 0 Å². The SMILES string of the molecule is COc1ccc(N2C(=S)N[C@H](c3ccccn3)[C@@H]2c2cc(C)n(-c3cccc(Cl)c3C)c2C)cc1Cl. The van der Waals surface area contributed by atoms with Crippen molar-refractivity contribution in [1.29, 1.82) is 0 Å². The van der Waals surface area contributed by atoms with Crippen LogP contribution in [0, 0.1) is 20.8 Å². The number of hydrogen-bond donors (Lipinski definition) is 1. The molecular formula is C28H26Cl2N4OS. The first kappa shape index (κ1) is 24.6. The number of ether oxygens (including phenoxy) is 1. The molecule has 5 nitrogen and oxygen atoms in total. The number of aryl methyl sites for hydroxylation is 1. The average molecular weight is 538 g/mol. The minimum Gasteiger partial charge on any atom is -0.495 e. The van der Waals surface area contributed by atoms with Crippen molar-refractivity contribution in [2.75, 3.05) is 12.0 Å². The summed E-state index contributed by atoms with van der Waals surface area (Å²) in [6.07, 6.45) is 1.81. The third kappa shape index (κ3) is 4.13. The Morgan fingerprint density at radius 3 is 2.47 bits per heavy atom. The number of anilines is 1. The zero-order valence-corrected chi connectivity index (χ0v) is 22.7. The van der Waals surface area contributed by atoms with Crippen LogP contribution >= 0.6 is 35.4 Å². The molecule has 1 saturated heterocycles. The number of halogens is 2. The number of nitrogens with one attached hydrogen (secondary N) is 1. The number of rotatable bonds is 5. The number of benzene rings is 2. The van der Waals surface area contributed by atoms with Crippen molar-refractivity contribution in [2.24, 2.45) is 0 Å². The molecule has 5 rings (SSSR count). The highest BCUT2D eigenvalue weighted by Gasteiger charge is 2.42. The van der Waals surface area contributed by atoms with Crippen molar-refractivity contribution in [1.82, 2.24) is 14.9 Å². The summed E-state index contributed by atoms with van der Waals surface area (Å²) < 4.78 is 7.63. The highest BCUT2D eigenvalue weighted by Crippen LogP contribution is 2.45. The van der Waals surface area contributed by atoms with E-state index in [1.165, 1.54) is 0 Å². The Morgan fingerprint density at radius 1 is 0.972 bits per heavy atom. The van der Waals surface area contributed by atoms with Gasteiger partial charge in [0.15, 0.2) is 5.11 Å². The normalized spacial score (nSPS) is 17.4. The number of methoxy groups -OCH3 is 1. The van der Waals surface area contributed by atoms with Crippen molar-refractivity contribution in [3.63, 3.8) is 0 Å². The maximum absolute atomic E-state index is 6.53. The van der Waals surface area contributed by atoms with Crippen molar-refractivity contribution >= 4 is 46.2 Å². The van der Waals surface area contributed by atoms with E-state index in [9.17, 15) is 0 Å². The number of hydrogen-bond acceptors (Lipinski definition) is 3. The van der Waals surface area contributed by atoms with Gasteiger partial charge in [0.1, 0.15) is 5.75 Å². The second-order valence-electron chi connectivity index (χ2n) is 8.86. The quantitative estimate of drug-likeness (QED) is 0.271. The summed E-state index contributed by atoms with van der Waals surface area (Å²) >= 11 is 18.9. The Hall–Kier alpha value is -3.06. The van der Waals surface area contributed by atoms with Crippen molar-refractivity contribution in [3.05, 3.63) is 105 Å². The average Bonchev–Trinajstić information content (AvgIpc) is 3.36. The van der Waals surface area contributed by atoms with Crippen LogP contribution in [-0.4, -0.2) is 21.8 Å². The van der Waals surface area contributed by atoms with Gasteiger partial charge in [-0.05, 0) is 92.6 Å². The van der Waals surface area contributed by atoms with Crippen molar-refractivity contribution < 1.29 is 4.74 Å². The van der Waals surface area contributed by atoms with Gasteiger partial charge in [0.05, 0.1) is 29.9 Å². The van der Waals surface area contributed by atoms with Gasteiger partial charge in [-0.1, -0.05) is 35.3 Å². The molecule has 0 radical (unpaired) electrons. The Labute approximate surface area is 226 Å². The van der Waals surface area contributed by atoms with Gasteiger partial charge in [-0.3, -0.25) is 4.98 Å². The minimum absolute atomic E-state index is 0.156. The summed E-state index contributed by atoms with van der Waals surface area (Å²) in [6, 6.07) is 19.6. The van der Waals surface area contributed by atoms with E-state index in [-0.39, 0.29) is 12.1 Å². The summed E-state index contributed by atoms with van der Waals surface area (Å²) in [4.78, 5) is 6.79. The van der Waals surface area contributed by atoms with E-state index in [0.717, 1.165) is 44.6 Å². The van der Waals surface area contributed by atoms with Gasteiger partial charge in [0, 0.05) is 34.0 Å². The van der Waals surface area contributed by atoms with Gasteiger partial charge in [0.2, 0.25) is 0 Å². The van der Waals surface area contributed by atoms with Crippen LogP contribution in [0.2, 0.25) is 10.0 Å². The molecule has 3 heterocycles. The van der Waals surface area contributed by atoms with E-state index in [1.54, 1.807) is 7.11 Å². The Kier molecular flexibility index (Phi) is 6.68. The summed E-state index contributed by atoms with van der Waals surface area (Å²) in [5.74, 6) is 0.617. The molecule has 1 aliphatic rings. The maximum atomic E-state index is 6.53. The zero-order chi connectivity index (χ0) is 25.6. The standard InChI is InChI=1S/C28H26Cl2N4OS/c1-16-14-20(18(3)33(16)24-10-7-8-21(29)17(24)2)27-26(23-9-5-6-13-31-23)32-28(36)34(27)19-11-12-25(35-4)22(30)15-19/h5-15,26-27H,1-4H3,(H,32,36)/t26-,27+/m1/s1. The van der Waals surface area contributed by atoms with E-state index in [4.69, 9.17) is 40.2 Å². The Bertz CT molecular complexity index is 1450. The summed E-state index contributed by atoms with van der Waals surface area (Å²) in [5.41, 5.74) is 7.25. The molecule has 1 N–H and O–H groups in total. The molecular weight excluding hydrogens is 511 g/mol. The molecule has 4 aromatic rings. The lowest BCUT2D eigenvalue weighted by atomic mass is 9.96. The third-order valence-electron chi connectivity index (χ3n) is 6.78. The fraction of sp³-hybridized carbons (Fsp3) is 0.214. The molecule has 0 aliphatic carbocycles. The lowest BCUT2D eigenvalue weighted by Crippen LogP contribution is -2.29. The largest absolute Gasteiger partial charge is 0.495 e. The molecule has 184 valence electrons. The topological polar surface area (TPSA) is 42.3 Å². The molecule has 2 atom stereocenters. The molecule has 1 fully saturated rings. The van der Waals surface area contributed by atoms with Gasteiger partial charge < -0.3 is 19.5 Å². The van der Waals surface area contributed by atoms with E-state index < -0.39 is 0 Å². The van der Waals surface area contributed by atoms with Crippen LogP contribution in [0.25, 0.3) is 5.69 Å². The fourth-order valence-corrected chi connectivity index (χ4v) is 5.82. The van der Waals surface area contributed by atoms with Gasteiger partial charge in [-0.2, -0.15) is 0 Å². The number of pyridine rings is 1. The third-order valence-corrected chi connectivity index (χ3v) is 7.80. The molecule has 0 spiro atoms. The molecule has 0 unspecified atom stereocenters. The summed E-state index contributed by atoms with van der Waals surface area (Å²) in [7, 11) is 1.61. The van der Waals surface area contributed by atoms with Crippen LogP contribution in [0.15, 0.2) is 66.9 Å². The smallest absolute Gasteiger partial charge is 0.174 e. The number of nitrogens with zero attached hydrogens (tertiary/aromatic N) is 3. The second kappa shape index (κ2) is 9.77. The molecule has 0 amide bonds. The van der Waals surface area contributed by atoms with Crippen LogP contribution in [0.5, 0.6) is 5.75 Å². The highest BCUT2D eigenvalue weighted by atomic mass is 35.5. The van der Waals surface area contributed by atoms with E-state index in [0.29, 0.717) is 15.9 Å². The summed E-state index contributed by atoms with van der Waals surface area (Å²) in [6.45, 7) is 6.30. The molecule has 2 aromatic heterocycles. The van der Waals surface area contributed by atoms with E-state index in [2.05, 4.69) is 45.7 Å². The fourth-order valence-electron chi connectivity index (χ4n) is 5.05. The first-order valence-corrected chi connectivity index (χ1v) is 12.8. The number of aromatic nitrogens is 2. The molecule has 36 heavy (non-hydrogen) atoms. The Morgan fingerprint density at radius 2 is 1.78 bits per heavy atom. The maximum Gasteiger partial charge on any atom is 0.174 e. The van der Waals surface area contributed by atoms with Gasteiger partial charge >= 0.3 is 0 Å². The lowest BCUT2D eigenvalue weighted by molar-refractivity contribution is 0.415. The van der Waals surface area contributed by atoms with Gasteiger partial charge in [-0.15, -0.1) is 0 Å². The van der Waals surface area contributed by atoms with Crippen LogP contribution in [-0.2, 0) is 0 Å². The summed E-state index contributed by atoms with van der Waals surface area (Å²) in [5, 5.41) is 5.40. The first-order valence-electron chi connectivity index (χ1n) is 11.6. The van der Waals surface area contributed by atoms with Crippen molar-refractivity contribution in [2.45, 2.75) is 32.9 Å². The molecule has 2 aromatic carbocycles. The highest BCUT2D eigenvalue weighted by molar-refractivity contribution is 7.80. The molecule has 0 bridgehead atoms. The predicted molar refractivity (Wildman–Crippen MR) is 151 cm³/mol. The molecule has 8 heteroatoms. The van der Waals surface area contributed by atoms with Crippen molar-refractivity contribution in [3.8, 4) is 11.4 Å². The number of thiocarbonyl (C=S) groups is 1.